The topological polar surface area (TPSA) is 69.6 Å². The first kappa shape index (κ1) is 14.2. The molecule has 104 valence electrons. The van der Waals surface area contributed by atoms with E-state index in [2.05, 4.69) is 5.32 Å². The molecule has 0 spiro atoms. The molecule has 0 aliphatic rings. The second-order valence-electron chi connectivity index (χ2n) is 4.34. The van der Waals surface area contributed by atoms with Gasteiger partial charge in [-0.15, -0.1) is 0 Å². The number of halogens is 1. The Hall–Kier alpha value is -2.20. The molecule has 0 atom stereocenters. The van der Waals surface area contributed by atoms with Crippen LogP contribution in [0.5, 0.6) is 11.5 Å². The molecule has 0 aliphatic heterocycles. The molecule has 3 N–H and O–H groups in total. The van der Waals surface area contributed by atoms with Gasteiger partial charge in [0.05, 0.1) is 0 Å². The van der Waals surface area contributed by atoms with Crippen LogP contribution in [0.15, 0.2) is 42.5 Å². The van der Waals surface area contributed by atoms with Crippen LogP contribution in [-0.2, 0) is 6.42 Å². The van der Waals surface area contributed by atoms with Crippen LogP contribution < -0.4 is 5.32 Å². The van der Waals surface area contributed by atoms with Crippen LogP contribution in [0.1, 0.15) is 15.9 Å². The molecule has 0 unspecified atom stereocenters. The maximum Gasteiger partial charge on any atom is 0.251 e. The molecule has 0 aliphatic carbocycles. The fourth-order valence-corrected chi connectivity index (χ4v) is 1.97. The molecular formula is C15H14ClNO3. The van der Waals surface area contributed by atoms with E-state index in [4.69, 9.17) is 11.6 Å². The first-order chi connectivity index (χ1) is 9.56. The van der Waals surface area contributed by atoms with Crippen molar-refractivity contribution >= 4 is 17.5 Å². The van der Waals surface area contributed by atoms with Crippen molar-refractivity contribution in [1.29, 1.82) is 0 Å². The Kier molecular flexibility index (Phi) is 4.48. The van der Waals surface area contributed by atoms with Gasteiger partial charge in [0, 0.05) is 17.1 Å². The van der Waals surface area contributed by atoms with Gasteiger partial charge in [0.1, 0.15) is 0 Å². The van der Waals surface area contributed by atoms with E-state index in [9.17, 15) is 15.0 Å². The van der Waals surface area contributed by atoms with Crippen molar-refractivity contribution in [2.24, 2.45) is 0 Å². The standard InChI is InChI=1S/C15H14ClNO3/c16-12-3-1-2-11(9-12)15(20)17-7-6-10-4-5-13(18)14(19)8-10/h1-5,8-9,18-19H,6-7H2,(H,17,20). The van der Waals surface area contributed by atoms with Gasteiger partial charge in [-0.3, -0.25) is 4.79 Å². The Bertz CT molecular complexity index is 628. The minimum Gasteiger partial charge on any atom is -0.504 e. The van der Waals surface area contributed by atoms with Crippen molar-refractivity contribution in [3.63, 3.8) is 0 Å². The lowest BCUT2D eigenvalue weighted by Gasteiger charge is -2.06. The van der Waals surface area contributed by atoms with E-state index in [1.54, 1.807) is 30.3 Å². The van der Waals surface area contributed by atoms with Gasteiger partial charge in [0.25, 0.3) is 5.91 Å². The van der Waals surface area contributed by atoms with E-state index in [1.165, 1.54) is 12.1 Å². The number of nitrogens with one attached hydrogen (secondary N) is 1. The highest BCUT2D eigenvalue weighted by Crippen LogP contribution is 2.24. The summed E-state index contributed by atoms with van der Waals surface area (Å²) in [5.41, 5.74) is 1.33. The third kappa shape index (κ3) is 3.65. The number of rotatable bonds is 4. The van der Waals surface area contributed by atoms with Crippen molar-refractivity contribution in [3.05, 3.63) is 58.6 Å². The molecule has 0 bridgehead atoms. The van der Waals surface area contributed by atoms with Crippen molar-refractivity contribution < 1.29 is 15.0 Å². The minimum absolute atomic E-state index is 0.156. The summed E-state index contributed by atoms with van der Waals surface area (Å²) < 4.78 is 0. The third-order valence-corrected chi connectivity index (χ3v) is 3.06. The van der Waals surface area contributed by atoms with Crippen LogP contribution in [-0.4, -0.2) is 22.7 Å². The van der Waals surface area contributed by atoms with E-state index in [0.29, 0.717) is 23.6 Å². The largest absolute Gasteiger partial charge is 0.504 e. The molecule has 0 saturated heterocycles. The number of phenols is 2. The first-order valence-corrected chi connectivity index (χ1v) is 6.48. The number of benzene rings is 2. The van der Waals surface area contributed by atoms with Crippen LogP contribution in [0.25, 0.3) is 0 Å². The Morgan fingerprint density at radius 3 is 2.60 bits per heavy atom. The van der Waals surface area contributed by atoms with Crippen molar-refractivity contribution in [2.45, 2.75) is 6.42 Å². The molecule has 2 aromatic carbocycles. The zero-order valence-corrected chi connectivity index (χ0v) is 11.4. The van der Waals surface area contributed by atoms with Gasteiger partial charge in [-0.1, -0.05) is 23.7 Å². The number of hydrogen-bond donors (Lipinski definition) is 3. The highest BCUT2D eigenvalue weighted by Gasteiger charge is 2.06. The maximum atomic E-state index is 11.8. The summed E-state index contributed by atoms with van der Waals surface area (Å²) in [6, 6.07) is 11.3. The van der Waals surface area contributed by atoms with Crippen LogP contribution in [0.3, 0.4) is 0 Å². The molecule has 4 nitrogen and oxygen atoms in total. The van der Waals surface area contributed by atoms with Gasteiger partial charge >= 0.3 is 0 Å². The molecule has 2 rings (SSSR count). The van der Waals surface area contributed by atoms with Crippen LogP contribution in [0.4, 0.5) is 0 Å². The summed E-state index contributed by atoms with van der Waals surface area (Å²) >= 11 is 5.82. The summed E-state index contributed by atoms with van der Waals surface area (Å²) in [6.07, 6.45) is 0.556. The van der Waals surface area contributed by atoms with Crippen molar-refractivity contribution in [2.75, 3.05) is 6.54 Å². The number of carbonyl (C=O) groups is 1. The van der Waals surface area contributed by atoms with Gasteiger partial charge in [0.15, 0.2) is 11.5 Å². The van der Waals surface area contributed by atoms with E-state index >= 15 is 0 Å². The maximum absolute atomic E-state index is 11.8. The fraction of sp³-hybridized carbons (Fsp3) is 0.133. The molecule has 5 heteroatoms. The smallest absolute Gasteiger partial charge is 0.251 e. The number of phenolic OH excluding ortho intramolecular Hbond substituents is 2. The zero-order valence-electron chi connectivity index (χ0n) is 10.6. The highest BCUT2D eigenvalue weighted by molar-refractivity contribution is 6.30. The van der Waals surface area contributed by atoms with Gasteiger partial charge in [-0.05, 0) is 42.3 Å². The molecule has 0 fully saturated rings. The monoisotopic (exact) mass is 291 g/mol. The van der Waals surface area contributed by atoms with E-state index in [-0.39, 0.29) is 17.4 Å². The fourth-order valence-electron chi connectivity index (χ4n) is 1.78. The summed E-state index contributed by atoms with van der Waals surface area (Å²) in [5.74, 6) is -0.518. The quantitative estimate of drug-likeness (QED) is 0.759. The third-order valence-electron chi connectivity index (χ3n) is 2.83. The Balaban J connectivity index is 1.89. The van der Waals surface area contributed by atoms with Gasteiger partial charge in [-0.2, -0.15) is 0 Å². The average molecular weight is 292 g/mol. The highest BCUT2D eigenvalue weighted by atomic mass is 35.5. The Morgan fingerprint density at radius 1 is 1.10 bits per heavy atom. The van der Waals surface area contributed by atoms with E-state index < -0.39 is 0 Å². The van der Waals surface area contributed by atoms with E-state index in [0.717, 1.165) is 5.56 Å². The lowest BCUT2D eigenvalue weighted by molar-refractivity contribution is 0.0954. The van der Waals surface area contributed by atoms with Crippen LogP contribution in [0.2, 0.25) is 5.02 Å². The first-order valence-electron chi connectivity index (χ1n) is 6.11. The summed E-state index contributed by atoms with van der Waals surface area (Å²) in [6.45, 7) is 0.426. The number of amides is 1. The summed E-state index contributed by atoms with van der Waals surface area (Å²) in [7, 11) is 0. The average Bonchev–Trinajstić information content (AvgIpc) is 2.42. The van der Waals surface area contributed by atoms with Gasteiger partial charge in [-0.25, -0.2) is 0 Å². The molecule has 20 heavy (non-hydrogen) atoms. The Morgan fingerprint density at radius 2 is 1.90 bits per heavy atom. The van der Waals surface area contributed by atoms with Gasteiger partial charge < -0.3 is 15.5 Å². The zero-order chi connectivity index (χ0) is 14.5. The molecule has 0 saturated carbocycles. The number of carbonyl (C=O) groups excluding carboxylic acids is 1. The van der Waals surface area contributed by atoms with Crippen molar-refractivity contribution in [3.8, 4) is 11.5 Å². The minimum atomic E-state index is -0.199. The predicted octanol–water partition coefficient (Wildman–Crippen LogP) is 2.72. The normalized spacial score (nSPS) is 10.2. The predicted molar refractivity (Wildman–Crippen MR) is 77.3 cm³/mol. The van der Waals surface area contributed by atoms with Gasteiger partial charge in [0.2, 0.25) is 0 Å². The lowest BCUT2D eigenvalue weighted by atomic mass is 10.1. The van der Waals surface area contributed by atoms with Crippen molar-refractivity contribution in [1.82, 2.24) is 5.32 Å². The Labute approximate surface area is 121 Å². The van der Waals surface area contributed by atoms with Crippen LogP contribution >= 0.6 is 11.6 Å². The number of aromatic hydroxyl groups is 2. The lowest BCUT2D eigenvalue weighted by Crippen LogP contribution is -2.25. The molecular weight excluding hydrogens is 278 g/mol. The molecule has 1 amide bonds. The molecule has 0 heterocycles. The molecule has 0 radical (unpaired) electrons. The second kappa shape index (κ2) is 6.30. The summed E-state index contributed by atoms with van der Waals surface area (Å²) in [5, 5.41) is 21.8. The second-order valence-corrected chi connectivity index (χ2v) is 4.78. The van der Waals surface area contributed by atoms with E-state index in [1.807, 2.05) is 0 Å². The number of hydrogen-bond acceptors (Lipinski definition) is 3. The molecule has 0 aromatic heterocycles. The van der Waals surface area contributed by atoms with Crippen LogP contribution in [0, 0.1) is 0 Å². The molecule has 2 aromatic rings. The SMILES string of the molecule is O=C(NCCc1ccc(O)c(O)c1)c1cccc(Cl)c1. The summed E-state index contributed by atoms with van der Waals surface area (Å²) in [4.78, 5) is 11.8.